The number of benzene rings is 2. The molecule has 2 aromatic rings. The van der Waals surface area contributed by atoms with Gasteiger partial charge >= 0.3 is 36.9 Å². The van der Waals surface area contributed by atoms with Crippen molar-refractivity contribution in [1.82, 2.24) is 0 Å². The number of hydrogen-bond donors (Lipinski definition) is 1. The van der Waals surface area contributed by atoms with Gasteiger partial charge in [0.15, 0.2) is 0 Å². The second kappa shape index (κ2) is 13.2. The van der Waals surface area contributed by atoms with Crippen molar-refractivity contribution in [2.24, 2.45) is 4.30 Å². The number of halogens is 1. The zero-order chi connectivity index (χ0) is 28.8. The van der Waals surface area contributed by atoms with Crippen molar-refractivity contribution in [1.29, 1.82) is 0 Å². The molecular weight excluding hydrogens is 565 g/mol. The minimum absolute atomic E-state index is 0.248. The number of aryl methyl sites for hydroxylation is 1. The van der Waals surface area contributed by atoms with E-state index in [0.717, 1.165) is 35.2 Å². The van der Waals surface area contributed by atoms with Crippen molar-refractivity contribution in [3.8, 4) is 0 Å². The molecule has 4 rings (SSSR count). The van der Waals surface area contributed by atoms with Gasteiger partial charge in [0.1, 0.15) is 11.2 Å². The first kappa shape index (κ1) is 31.9. The number of nitrogens with zero attached hydrogens (tertiary/aromatic N) is 3. The van der Waals surface area contributed by atoms with E-state index in [2.05, 4.69) is 60.6 Å². The van der Waals surface area contributed by atoms with Gasteiger partial charge in [-0.15, -0.1) is 0 Å². The summed E-state index contributed by atoms with van der Waals surface area (Å²) in [5.41, 5.74) is 6.03. The van der Waals surface area contributed by atoms with Crippen LogP contribution in [0.4, 0.5) is 21.0 Å². The zero-order valence-corrected chi connectivity index (χ0v) is 26.1. The molecule has 0 aromatic heterocycles. The van der Waals surface area contributed by atoms with Gasteiger partial charge < -0.3 is 9.47 Å². The van der Waals surface area contributed by atoms with Crippen LogP contribution in [0.15, 0.2) is 39.1 Å². The molecule has 0 fully saturated rings. The minimum atomic E-state index is -0.454. The first-order chi connectivity index (χ1) is 17.6. The second-order valence-corrected chi connectivity index (χ2v) is 12.2. The topological polar surface area (TPSA) is 71.4 Å². The normalized spacial score (nSPS) is 13.8. The van der Waals surface area contributed by atoms with E-state index >= 15 is 0 Å². The average molecular weight is 603 g/mol. The Morgan fingerprint density at radius 1 is 0.868 bits per heavy atom. The predicted molar refractivity (Wildman–Crippen MR) is 162 cm³/mol. The molecule has 1 radical (unpaired) electrons. The van der Waals surface area contributed by atoms with Crippen LogP contribution in [0.3, 0.4) is 0 Å². The summed E-state index contributed by atoms with van der Waals surface area (Å²) >= 11 is 6.71. The van der Waals surface area contributed by atoms with Crippen molar-refractivity contribution < 1.29 is 19.1 Å². The van der Waals surface area contributed by atoms with E-state index in [9.17, 15) is 9.59 Å². The van der Waals surface area contributed by atoms with E-state index in [4.69, 9.17) is 9.47 Å². The van der Waals surface area contributed by atoms with Crippen molar-refractivity contribution in [2.45, 2.75) is 79.4 Å². The Bertz CT molecular complexity index is 1180. The van der Waals surface area contributed by atoms with Crippen molar-refractivity contribution in [3.05, 3.63) is 57.1 Å². The van der Waals surface area contributed by atoms with E-state index in [-0.39, 0.29) is 12.2 Å². The van der Waals surface area contributed by atoms with Gasteiger partial charge in [-0.3, -0.25) is 9.80 Å². The van der Waals surface area contributed by atoms with Gasteiger partial charge in [0.05, 0.1) is 11.4 Å². The van der Waals surface area contributed by atoms with Crippen LogP contribution >= 0.6 is 28.7 Å². The fraction of sp³-hybridized carbons (Fsp3) is 0.500. The fourth-order valence-electron chi connectivity index (χ4n) is 4.25. The molecule has 2 aliphatic rings. The Balaban J connectivity index is 0.000000242. The molecule has 7 nitrogen and oxygen atoms in total. The summed E-state index contributed by atoms with van der Waals surface area (Å²) in [6.07, 6.45) is 1.30. The molecule has 2 aliphatic heterocycles. The van der Waals surface area contributed by atoms with Crippen molar-refractivity contribution in [2.75, 3.05) is 22.9 Å². The number of hydrogen-bond acceptors (Lipinski definition) is 6. The monoisotopic (exact) mass is 602 g/mol. The number of rotatable bonds is 0. The summed E-state index contributed by atoms with van der Waals surface area (Å²) in [5.74, 6) is 0. The summed E-state index contributed by atoms with van der Waals surface area (Å²) in [6, 6.07) is 10.0. The van der Waals surface area contributed by atoms with Gasteiger partial charge in [0.2, 0.25) is 0 Å². The molecule has 10 heteroatoms. The standard InChI is InChI=1S/C14H18BrNO2.C14H19NO2.BHNS/c1-9-10-7-8-16(12(10)6-5-11(9)15)13(17)18-14(2,3)4;1-10-6-5-7-12-11(10)8-9-15(12)13(16)17-14(2,3)4;1-2-3/h5-6H,7-8H2,1-4H3;5-7H,8-9H2,1-4H3;3H. The molecule has 205 valence electrons. The summed E-state index contributed by atoms with van der Waals surface area (Å²) in [5, 5.41) is 0. The van der Waals surface area contributed by atoms with E-state index in [1.54, 1.807) is 9.80 Å². The Labute approximate surface area is 242 Å². The fourth-order valence-corrected chi connectivity index (χ4v) is 4.62. The van der Waals surface area contributed by atoms with Crippen LogP contribution in [-0.2, 0) is 22.3 Å². The quantitative estimate of drug-likeness (QED) is 0.250. The molecular formula is C28H38BBrN3O4S. The first-order valence-electron chi connectivity index (χ1n) is 12.5. The van der Waals surface area contributed by atoms with E-state index in [1.807, 2.05) is 65.8 Å². The molecule has 0 aliphatic carbocycles. The second-order valence-electron chi connectivity index (χ2n) is 11.1. The van der Waals surface area contributed by atoms with Crippen LogP contribution in [-0.4, -0.2) is 44.1 Å². The molecule has 38 heavy (non-hydrogen) atoms. The van der Waals surface area contributed by atoms with Crippen LogP contribution < -0.4 is 9.80 Å². The number of anilines is 2. The van der Waals surface area contributed by atoms with Crippen LogP contribution in [0.25, 0.3) is 0 Å². The first-order valence-corrected chi connectivity index (χ1v) is 13.7. The number of thiol groups is 1. The van der Waals surface area contributed by atoms with Gasteiger partial charge in [0.25, 0.3) is 0 Å². The molecule has 0 atom stereocenters. The van der Waals surface area contributed by atoms with Crippen LogP contribution in [0.1, 0.15) is 63.8 Å². The van der Waals surface area contributed by atoms with Gasteiger partial charge in [-0.2, -0.15) is 0 Å². The third kappa shape index (κ3) is 8.60. The number of carbonyl (C=O) groups is 2. The molecule has 0 saturated carbocycles. The zero-order valence-electron chi connectivity index (χ0n) is 23.6. The molecule has 2 heterocycles. The Morgan fingerprint density at radius 3 is 1.79 bits per heavy atom. The Hall–Kier alpha value is -2.33. The number of amides is 2. The molecule has 2 amide bonds. The molecule has 0 bridgehead atoms. The van der Waals surface area contributed by atoms with Crippen LogP contribution in [0.5, 0.6) is 0 Å². The number of carbonyl (C=O) groups excluding carboxylic acids is 2. The number of fused-ring (bicyclic) bond motifs is 2. The van der Waals surface area contributed by atoms with Gasteiger partial charge in [-0.25, -0.2) is 9.59 Å². The molecule has 0 spiro atoms. The molecule has 0 N–H and O–H groups in total. The van der Waals surface area contributed by atoms with Gasteiger partial charge in [-0.1, -0.05) is 28.1 Å². The Kier molecular flexibility index (Phi) is 11.0. The summed E-state index contributed by atoms with van der Waals surface area (Å²) < 4.78 is 14.6. The Morgan fingerprint density at radius 2 is 1.32 bits per heavy atom. The van der Waals surface area contributed by atoms with E-state index in [0.29, 0.717) is 6.54 Å². The SMILES string of the molecule is Cc1c(Br)ccc2c1CCN2C(=O)OC(C)(C)C.Cc1cccc2c1CCN2C(=O)OC(C)(C)C.[B]=NS. The average Bonchev–Trinajstić information content (AvgIpc) is 3.41. The third-order valence-corrected chi connectivity index (χ3v) is 6.73. The maximum atomic E-state index is 12.1. The van der Waals surface area contributed by atoms with Crippen molar-refractivity contribution in [3.63, 3.8) is 0 Å². The number of ether oxygens (including phenoxy) is 2. The maximum absolute atomic E-state index is 12.1. The van der Waals surface area contributed by atoms with E-state index in [1.165, 1.54) is 22.3 Å². The predicted octanol–water partition coefficient (Wildman–Crippen LogP) is 7.53. The van der Waals surface area contributed by atoms with E-state index < -0.39 is 11.2 Å². The third-order valence-electron chi connectivity index (χ3n) is 5.87. The van der Waals surface area contributed by atoms with Crippen molar-refractivity contribution >= 4 is 59.9 Å². The molecule has 0 unspecified atom stereocenters. The summed E-state index contributed by atoms with van der Waals surface area (Å²) in [7, 11) is 4.34. The van der Waals surface area contributed by atoms with Gasteiger partial charge in [0, 0.05) is 17.6 Å². The molecule has 2 aromatic carbocycles. The van der Waals surface area contributed by atoms with Gasteiger partial charge in [-0.05, 0) is 109 Å². The van der Waals surface area contributed by atoms with Crippen LogP contribution in [0.2, 0.25) is 0 Å². The summed E-state index contributed by atoms with van der Waals surface area (Å²) in [4.78, 5) is 27.6. The summed E-state index contributed by atoms with van der Waals surface area (Å²) in [6.45, 7) is 16.9. The molecule has 0 saturated heterocycles. The van der Waals surface area contributed by atoms with Crippen LogP contribution in [0, 0.1) is 13.8 Å².